The average Bonchev–Trinajstić information content (AvgIpc) is 3.76. The van der Waals surface area contributed by atoms with Crippen molar-refractivity contribution in [3.8, 4) is 5.75 Å². The number of fused-ring (bicyclic) bond motifs is 5. The monoisotopic (exact) mass is 574 g/mol. The Labute approximate surface area is 233 Å². The molecule has 3 N–H and O–H groups in total. The number of anilines is 4. The highest BCUT2D eigenvalue weighted by Gasteiger charge is 2.51. The molecular weight excluding hydrogens is 546 g/mol. The van der Waals surface area contributed by atoms with Crippen molar-refractivity contribution < 1.29 is 23.4 Å². The summed E-state index contributed by atoms with van der Waals surface area (Å²) >= 11 is 6.49. The summed E-state index contributed by atoms with van der Waals surface area (Å²) < 4.78 is 42.5. The normalized spacial score (nSPS) is 27.4. The van der Waals surface area contributed by atoms with E-state index >= 15 is 0 Å². The van der Waals surface area contributed by atoms with E-state index in [2.05, 4.69) is 20.5 Å². The van der Waals surface area contributed by atoms with E-state index in [9.17, 15) is 18.7 Å². The van der Waals surface area contributed by atoms with Gasteiger partial charge >= 0.3 is 5.92 Å². The largest absolute Gasteiger partial charge is 0.480 e. The maximum Gasteiger partial charge on any atom is 0.301 e. The third kappa shape index (κ3) is 4.33. The molecule has 0 unspecified atom stereocenters. The molecule has 1 aliphatic carbocycles. The van der Waals surface area contributed by atoms with Crippen molar-refractivity contribution in [1.29, 1.82) is 0 Å². The second kappa shape index (κ2) is 9.42. The Balaban J connectivity index is 1.26. The van der Waals surface area contributed by atoms with Gasteiger partial charge < -0.3 is 34.7 Å². The quantitative estimate of drug-likeness (QED) is 0.429. The Morgan fingerprint density at radius 2 is 1.98 bits per heavy atom. The highest BCUT2D eigenvalue weighted by atomic mass is 35.5. The molecule has 212 valence electrons. The van der Waals surface area contributed by atoms with Crippen LogP contribution in [0.2, 0.25) is 5.02 Å². The molecule has 2 aromatic heterocycles. The first kappa shape index (κ1) is 25.7. The molecule has 4 aliphatic rings. The number of hydrogen-bond donors (Lipinski definition) is 3. The maximum absolute atomic E-state index is 15.0. The van der Waals surface area contributed by atoms with E-state index in [0.717, 1.165) is 0 Å². The second-order valence-corrected chi connectivity index (χ2v) is 11.6. The number of alkyl halides is 2. The highest BCUT2D eigenvalue weighted by molar-refractivity contribution is 6.33. The molecular formula is C27H29ClF2N6O4. The van der Waals surface area contributed by atoms with Crippen LogP contribution in [0.25, 0.3) is 10.9 Å². The van der Waals surface area contributed by atoms with Crippen LogP contribution in [0.4, 0.5) is 31.9 Å². The van der Waals surface area contributed by atoms with Crippen LogP contribution in [0.3, 0.4) is 0 Å². The Kier molecular flexibility index (Phi) is 6.06. The zero-order chi connectivity index (χ0) is 27.8. The molecule has 0 spiro atoms. The molecule has 40 heavy (non-hydrogen) atoms. The number of aromatic nitrogens is 3. The predicted molar refractivity (Wildman–Crippen MR) is 146 cm³/mol. The molecule has 10 nitrogen and oxygen atoms in total. The first-order valence-electron chi connectivity index (χ1n) is 13.5. The van der Waals surface area contributed by atoms with Crippen molar-refractivity contribution in [3.05, 3.63) is 39.8 Å². The standard InChI is InChI=1S/C27H29ClF2N6O4/c1-35-20-5-4-14(6-18(20)21-22(25(35)38)40-12-27(29,30)23(33-21)13-2-3-13)32-24-19(28)9-31-26(34-24)36-15-7-17(37)8-16(36)11-39-10-15/h4-6,9,13,15-17,23,33,37H,2-3,7-8,10-12H2,1H3,(H,31,32,34)/t15-,16+,17+,23-/m0/s1. The van der Waals surface area contributed by atoms with Crippen LogP contribution in [0.1, 0.15) is 25.7 Å². The van der Waals surface area contributed by atoms with Gasteiger partial charge in [0.1, 0.15) is 5.02 Å². The number of nitrogens with one attached hydrogen (secondary N) is 2. The number of aryl methyl sites for hydroxylation is 1. The van der Waals surface area contributed by atoms with Gasteiger partial charge in [0, 0.05) is 18.1 Å². The molecule has 0 radical (unpaired) electrons. The van der Waals surface area contributed by atoms with Crippen molar-refractivity contribution >= 4 is 45.6 Å². The molecule has 5 heterocycles. The van der Waals surface area contributed by atoms with Crippen molar-refractivity contribution in [2.75, 3.05) is 35.4 Å². The van der Waals surface area contributed by atoms with Crippen LogP contribution in [-0.4, -0.2) is 69.6 Å². The fraction of sp³-hybridized carbons (Fsp3) is 0.519. The van der Waals surface area contributed by atoms with E-state index < -0.39 is 24.1 Å². The fourth-order valence-corrected chi connectivity index (χ4v) is 6.34. The smallest absolute Gasteiger partial charge is 0.301 e. The summed E-state index contributed by atoms with van der Waals surface area (Å²) in [6.45, 7) is 0.103. The topological polar surface area (TPSA) is 114 Å². The van der Waals surface area contributed by atoms with Gasteiger partial charge in [0.15, 0.2) is 12.4 Å². The number of piperidine rings is 1. The van der Waals surface area contributed by atoms with Crippen molar-refractivity contribution in [2.45, 2.75) is 55.8 Å². The zero-order valence-electron chi connectivity index (χ0n) is 21.7. The van der Waals surface area contributed by atoms with Crippen molar-refractivity contribution in [1.82, 2.24) is 14.5 Å². The van der Waals surface area contributed by atoms with Crippen molar-refractivity contribution in [2.24, 2.45) is 13.0 Å². The molecule has 4 atom stereocenters. The van der Waals surface area contributed by atoms with Crippen LogP contribution >= 0.6 is 11.6 Å². The summed E-state index contributed by atoms with van der Waals surface area (Å²) in [5.41, 5.74) is 0.954. The number of pyridine rings is 1. The van der Waals surface area contributed by atoms with E-state index in [1.807, 2.05) is 0 Å². The van der Waals surface area contributed by atoms with Gasteiger partial charge in [0.25, 0.3) is 5.56 Å². The van der Waals surface area contributed by atoms with Crippen LogP contribution in [0, 0.1) is 5.92 Å². The summed E-state index contributed by atoms with van der Waals surface area (Å²) in [4.78, 5) is 24.3. The van der Waals surface area contributed by atoms with Crippen LogP contribution in [-0.2, 0) is 11.8 Å². The van der Waals surface area contributed by atoms with Crippen LogP contribution in [0.5, 0.6) is 5.75 Å². The molecule has 13 heteroatoms. The van der Waals surface area contributed by atoms with E-state index in [0.29, 0.717) is 72.3 Å². The van der Waals surface area contributed by atoms with Gasteiger partial charge in [-0.3, -0.25) is 4.79 Å². The summed E-state index contributed by atoms with van der Waals surface area (Å²) in [6, 6.07) is 4.09. The van der Waals surface area contributed by atoms with Gasteiger partial charge in [-0.15, -0.1) is 0 Å². The molecule has 0 amide bonds. The highest BCUT2D eigenvalue weighted by Crippen LogP contribution is 2.45. The Morgan fingerprint density at radius 1 is 1.23 bits per heavy atom. The Bertz CT molecular complexity index is 1540. The summed E-state index contributed by atoms with van der Waals surface area (Å²) in [6.07, 6.45) is 3.68. The number of benzene rings is 1. The minimum Gasteiger partial charge on any atom is -0.480 e. The average molecular weight is 575 g/mol. The van der Waals surface area contributed by atoms with Crippen molar-refractivity contribution in [3.63, 3.8) is 0 Å². The van der Waals surface area contributed by atoms with Gasteiger partial charge in [-0.1, -0.05) is 11.6 Å². The van der Waals surface area contributed by atoms with E-state index in [1.54, 1.807) is 25.2 Å². The number of morpholine rings is 1. The number of nitrogens with zero attached hydrogens (tertiary/aromatic N) is 4. The van der Waals surface area contributed by atoms with E-state index in [-0.39, 0.29) is 35.5 Å². The Hall–Kier alpha value is -3.22. The lowest BCUT2D eigenvalue weighted by Crippen LogP contribution is -2.59. The number of halogens is 3. The number of aliphatic hydroxyl groups is 1. The van der Waals surface area contributed by atoms with Crippen LogP contribution < -0.4 is 25.8 Å². The second-order valence-electron chi connectivity index (χ2n) is 11.2. The summed E-state index contributed by atoms with van der Waals surface area (Å²) in [7, 11) is 1.59. The lowest BCUT2D eigenvalue weighted by atomic mass is 9.92. The third-order valence-electron chi connectivity index (χ3n) is 8.33. The lowest BCUT2D eigenvalue weighted by Gasteiger charge is -2.47. The number of aliphatic hydroxyl groups excluding tert-OH is 1. The molecule has 7 rings (SSSR count). The van der Waals surface area contributed by atoms with E-state index in [4.69, 9.17) is 26.1 Å². The van der Waals surface area contributed by atoms with Gasteiger partial charge in [0.2, 0.25) is 11.7 Å². The molecule has 2 bridgehead atoms. The zero-order valence-corrected chi connectivity index (χ0v) is 22.5. The molecule has 1 aromatic carbocycles. The Morgan fingerprint density at radius 3 is 2.70 bits per heavy atom. The molecule has 3 fully saturated rings. The third-order valence-corrected chi connectivity index (χ3v) is 8.61. The molecule has 2 saturated heterocycles. The van der Waals surface area contributed by atoms with Gasteiger partial charge in [-0.2, -0.15) is 4.98 Å². The fourth-order valence-electron chi connectivity index (χ4n) is 6.21. The number of hydrogen-bond acceptors (Lipinski definition) is 9. The summed E-state index contributed by atoms with van der Waals surface area (Å²) in [5.74, 6) is -2.55. The molecule has 3 aliphatic heterocycles. The van der Waals surface area contributed by atoms with Gasteiger partial charge in [-0.05, 0) is 49.8 Å². The van der Waals surface area contributed by atoms with Crippen LogP contribution in [0.15, 0.2) is 29.2 Å². The minimum atomic E-state index is -3.12. The summed E-state index contributed by atoms with van der Waals surface area (Å²) in [5, 5.41) is 17.3. The maximum atomic E-state index is 15.0. The van der Waals surface area contributed by atoms with Gasteiger partial charge in [0.05, 0.1) is 54.8 Å². The predicted octanol–water partition coefficient (Wildman–Crippen LogP) is 3.67. The SMILES string of the molecule is Cn1c(=O)c2c(c3cc(Nc4nc(N5[C@@H]6COC[C@H]5C[C@H](O)C6)ncc4Cl)ccc31)N[C@@H](C1CC1)C(F)(F)CO2. The lowest BCUT2D eigenvalue weighted by molar-refractivity contribution is -0.0579. The number of rotatable bonds is 4. The van der Waals surface area contributed by atoms with E-state index in [1.165, 1.54) is 10.8 Å². The first-order chi connectivity index (χ1) is 19.2. The number of ether oxygens (including phenoxy) is 2. The first-order valence-corrected chi connectivity index (χ1v) is 13.8. The van der Waals surface area contributed by atoms with Gasteiger partial charge in [-0.25, -0.2) is 13.8 Å². The molecule has 1 saturated carbocycles. The minimum absolute atomic E-state index is 0.0439. The molecule has 3 aromatic rings.